The standard InChI is InChI=1S/C24H21F2N/c1-17(2)15-23(20-13-14-21(25)22(26)16-20)27-24(18-9-5-3-6-10-18)19-11-7-4-8-12-19/h3-14,16,23H,1,15H2,2H3. The molecule has 0 saturated carbocycles. The third-order valence-electron chi connectivity index (χ3n) is 4.25. The lowest BCUT2D eigenvalue weighted by atomic mass is 9.97. The Morgan fingerprint density at radius 3 is 1.89 bits per heavy atom. The molecule has 1 nitrogen and oxygen atoms in total. The van der Waals surface area contributed by atoms with Gasteiger partial charge >= 0.3 is 0 Å². The molecule has 0 spiro atoms. The first-order valence-corrected chi connectivity index (χ1v) is 8.82. The second kappa shape index (κ2) is 8.54. The van der Waals surface area contributed by atoms with Crippen LogP contribution in [0.15, 0.2) is 96.0 Å². The molecule has 3 aromatic rings. The molecule has 3 aromatic carbocycles. The van der Waals surface area contributed by atoms with Crippen molar-refractivity contribution < 1.29 is 8.78 Å². The second-order valence-electron chi connectivity index (χ2n) is 6.56. The van der Waals surface area contributed by atoms with Crippen LogP contribution in [-0.4, -0.2) is 5.71 Å². The highest BCUT2D eigenvalue weighted by atomic mass is 19.2. The number of aliphatic imine (C=N–C) groups is 1. The summed E-state index contributed by atoms with van der Waals surface area (Å²) in [6, 6.07) is 23.3. The first kappa shape index (κ1) is 18.7. The van der Waals surface area contributed by atoms with Crippen molar-refractivity contribution in [3.63, 3.8) is 0 Å². The van der Waals surface area contributed by atoms with E-state index in [0.717, 1.165) is 28.5 Å². The van der Waals surface area contributed by atoms with Crippen LogP contribution in [0, 0.1) is 11.6 Å². The van der Waals surface area contributed by atoms with Crippen LogP contribution in [0.25, 0.3) is 0 Å². The van der Waals surface area contributed by atoms with E-state index in [0.29, 0.717) is 12.0 Å². The average molecular weight is 361 g/mol. The lowest BCUT2D eigenvalue weighted by Gasteiger charge is -2.17. The summed E-state index contributed by atoms with van der Waals surface area (Å²) in [7, 11) is 0. The van der Waals surface area contributed by atoms with E-state index in [-0.39, 0.29) is 6.04 Å². The van der Waals surface area contributed by atoms with Gasteiger partial charge in [0, 0.05) is 11.1 Å². The average Bonchev–Trinajstić information content (AvgIpc) is 2.68. The highest BCUT2D eigenvalue weighted by molar-refractivity contribution is 6.13. The van der Waals surface area contributed by atoms with Crippen molar-refractivity contribution >= 4 is 5.71 Å². The van der Waals surface area contributed by atoms with Gasteiger partial charge in [0.15, 0.2) is 11.6 Å². The van der Waals surface area contributed by atoms with Gasteiger partial charge in [0.05, 0.1) is 11.8 Å². The van der Waals surface area contributed by atoms with Gasteiger partial charge in [-0.15, -0.1) is 6.58 Å². The van der Waals surface area contributed by atoms with Crippen molar-refractivity contribution in [2.45, 2.75) is 19.4 Å². The number of hydrogen-bond acceptors (Lipinski definition) is 1. The summed E-state index contributed by atoms with van der Waals surface area (Å²) in [4.78, 5) is 4.96. The molecule has 1 atom stereocenters. The Hall–Kier alpha value is -3.07. The van der Waals surface area contributed by atoms with Crippen molar-refractivity contribution in [3.05, 3.63) is 119 Å². The molecule has 136 valence electrons. The van der Waals surface area contributed by atoms with Crippen molar-refractivity contribution in [2.24, 2.45) is 4.99 Å². The fourth-order valence-electron chi connectivity index (χ4n) is 2.95. The Morgan fingerprint density at radius 1 is 0.852 bits per heavy atom. The molecule has 3 heteroatoms. The molecule has 0 saturated heterocycles. The Bertz CT molecular complexity index is 905. The number of hydrogen-bond donors (Lipinski definition) is 0. The van der Waals surface area contributed by atoms with Gasteiger partial charge < -0.3 is 0 Å². The Morgan fingerprint density at radius 2 is 1.41 bits per heavy atom. The van der Waals surface area contributed by atoms with E-state index in [1.54, 1.807) is 6.07 Å². The maximum atomic E-state index is 13.8. The summed E-state index contributed by atoms with van der Waals surface area (Å²) in [6.07, 6.45) is 0.550. The number of benzene rings is 3. The normalized spacial score (nSPS) is 11.7. The van der Waals surface area contributed by atoms with Crippen molar-refractivity contribution in [1.29, 1.82) is 0 Å². The zero-order valence-electron chi connectivity index (χ0n) is 15.2. The van der Waals surface area contributed by atoms with Crippen molar-refractivity contribution in [3.8, 4) is 0 Å². The number of rotatable bonds is 6. The van der Waals surface area contributed by atoms with E-state index >= 15 is 0 Å². The van der Waals surface area contributed by atoms with Gasteiger partial charge in [-0.1, -0.05) is 72.3 Å². The smallest absolute Gasteiger partial charge is 0.159 e. The van der Waals surface area contributed by atoms with Gasteiger partial charge in [-0.3, -0.25) is 4.99 Å². The monoisotopic (exact) mass is 361 g/mol. The molecule has 0 N–H and O–H groups in total. The Labute approximate surface area is 158 Å². The van der Waals surface area contributed by atoms with Gasteiger partial charge in [-0.2, -0.15) is 0 Å². The lowest BCUT2D eigenvalue weighted by molar-refractivity contribution is 0.505. The van der Waals surface area contributed by atoms with Crippen LogP contribution in [-0.2, 0) is 0 Å². The molecule has 1 unspecified atom stereocenters. The molecule has 0 aliphatic carbocycles. The highest BCUT2D eigenvalue weighted by Gasteiger charge is 2.16. The molecule has 0 radical (unpaired) electrons. The summed E-state index contributed by atoms with van der Waals surface area (Å²) in [5, 5.41) is 0. The Kier molecular flexibility index (Phi) is 5.92. The largest absolute Gasteiger partial charge is 0.276 e. The van der Waals surface area contributed by atoms with Crippen LogP contribution in [0.5, 0.6) is 0 Å². The fourth-order valence-corrected chi connectivity index (χ4v) is 2.95. The molecular weight excluding hydrogens is 340 g/mol. The first-order valence-electron chi connectivity index (χ1n) is 8.82. The SMILES string of the molecule is C=C(C)CC(N=C(c1ccccc1)c1ccccc1)c1ccc(F)c(F)c1. The minimum absolute atomic E-state index is 0.354. The number of nitrogens with zero attached hydrogens (tertiary/aromatic N) is 1. The van der Waals surface area contributed by atoms with Crippen molar-refractivity contribution in [2.75, 3.05) is 0 Å². The number of halogens is 2. The van der Waals surface area contributed by atoms with Gasteiger partial charge in [0.1, 0.15) is 0 Å². The van der Waals surface area contributed by atoms with Crippen LogP contribution in [0.2, 0.25) is 0 Å². The van der Waals surface area contributed by atoms with Crippen LogP contribution in [0.4, 0.5) is 8.78 Å². The van der Waals surface area contributed by atoms with E-state index in [1.807, 2.05) is 67.6 Å². The predicted octanol–water partition coefficient (Wildman–Crippen LogP) is 6.51. The van der Waals surface area contributed by atoms with E-state index < -0.39 is 11.6 Å². The zero-order chi connectivity index (χ0) is 19.2. The highest BCUT2D eigenvalue weighted by Crippen LogP contribution is 2.28. The van der Waals surface area contributed by atoms with Gasteiger partial charge in [-0.25, -0.2) is 8.78 Å². The van der Waals surface area contributed by atoms with Crippen LogP contribution in [0.1, 0.15) is 36.1 Å². The lowest BCUT2D eigenvalue weighted by Crippen LogP contribution is -2.08. The summed E-state index contributed by atoms with van der Waals surface area (Å²) < 4.78 is 27.2. The summed E-state index contributed by atoms with van der Waals surface area (Å²) in [5.74, 6) is -1.72. The van der Waals surface area contributed by atoms with Gasteiger partial charge in [0.2, 0.25) is 0 Å². The van der Waals surface area contributed by atoms with E-state index in [2.05, 4.69) is 6.58 Å². The minimum atomic E-state index is -0.865. The topological polar surface area (TPSA) is 12.4 Å². The summed E-state index contributed by atoms with van der Waals surface area (Å²) >= 11 is 0. The third-order valence-corrected chi connectivity index (χ3v) is 4.25. The molecular formula is C24H21F2N. The molecule has 0 aromatic heterocycles. The third kappa shape index (κ3) is 4.76. The van der Waals surface area contributed by atoms with Crippen LogP contribution >= 0.6 is 0 Å². The fraction of sp³-hybridized carbons (Fsp3) is 0.125. The van der Waals surface area contributed by atoms with E-state index in [9.17, 15) is 8.78 Å². The molecule has 0 heterocycles. The molecule has 27 heavy (non-hydrogen) atoms. The summed E-state index contributed by atoms with van der Waals surface area (Å²) in [6.45, 7) is 5.89. The molecule has 0 aliphatic heterocycles. The first-order chi connectivity index (χ1) is 13.0. The molecule has 0 aliphatic rings. The van der Waals surface area contributed by atoms with E-state index in [4.69, 9.17) is 4.99 Å². The Balaban J connectivity index is 2.13. The molecule has 0 amide bonds. The van der Waals surface area contributed by atoms with Crippen molar-refractivity contribution in [1.82, 2.24) is 0 Å². The predicted molar refractivity (Wildman–Crippen MR) is 107 cm³/mol. The maximum absolute atomic E-state index is 13.8. The van der Waals surface area contributed by atoms with Crippen LogP contribution < -0.4 is 0 Å². The second-order valence-corrected chi connectivity index (χ2v) is 6.56. The van der Waals surface area contributed by atoms with Gasteiger partial charge in [-0.05, 0) is 31.0 Å². The quantitative estimate of drug-likeness (QED) is 0.350. The zero-order valence-corrected chi connectivity index (χ0v) is 15.2. The molecule has 0 fully saturated rings. The van der Waals surface area contributed by atoms with Gasteiger partial charge in [0.25, 0.3) is 0 Å². The van der Waals surface area contributed by atoms with E-state index in [1.165, 1.54) is 6.07 Å². The minimum Gasteiger partial charge on any atom is -0.276 e. The van der Waals surface area contributed by atoms with Crippen LogP contribution in [0.3, 0.4) is 0 Å². The maximum Gasteiger partial charge on any atom is 0.159 e. The molecule has 0 bridgehead atoms. The molecule has 3 rings (SSSR count). The summed E-state index contributed by atoms with van der Waals surface area (Å²) in [5.41, 5.74) is 4.30.